The van der Waals surface area contributed by atoms with Crippen molar-refractivity contribution in [1.82, 2.24) is 4.90 Å². The molecule has 0 bridgehead atoms. The molecule has 0 aliphatic rings. The van der Waals surface area contributed by atoms with Gasteiger partial charge in [0, 0.05) is 5.69 Å². The summed E-state index contributed by atoms with van der Waals surface area (Å²) < 4.78 is 0. The number of carboxylic acid groups (broad SMARTS) is 1. The fraction of sp³-hybridized carbons (Fsp3) is 0.429. The summed E-state index contributed by atoms with van der Waals surface area (Å²) in [7, 11) is 1.61. The minimum Gasteiger partial charge on any atom is -0.480 e. The molecule has 0 saturated heterocycles. The molecule has 1 unspecified atom stereocenters. The average Bonchev–Trinajstić information content (AvgIpc) is 2.38. The standard InChI is InChI=1S/C14H20N2O3/c1-4-11-5-7-12(8-6-11)15-13(17)9-16(3)10(2)14(18)19/h5-8,10H,4,9H2,1-3H3,(H,15,17)(H,18,19). The van der Waals surface area contributed by atoms with Gasteiger partial charge in [-0.1, -0.05) is 19.1 Å². The molecule has 2 N–H and O–H groups in total. The van der Waals surface area contributed by atoms with Crippen LogP contribution >= 0.6 is 0 Å². The number of rotatable bonds is 6. The molecule has 1 atom stereocenters. The number of anilines is 1. The Balaban J connectivity index is 2.52. The number of carboxylic acids is 1. The van der Waals surface area contributed by atoms with Crippen molar-refractivity contribution in [2.45, 2.75) is 26.3 Å². The average molecular weight is 264 g/mol. The van der Waals surface area contributed by atoms with Gasteiger partial charge in [0.05, 0.1) is 6.54 Å². The molecule has 104 valence electrons. The van der Waals surface area contributed by atoms with E-state index >= 15 is 0 Å². The molecule has 1 amide bonds. The maximum Gasteiger partial charge on any atom is 0.320 e. The highest BCUT2D eigenvalue weighted by Crippen LogP contribution is 2.10. The van der Waals surface area contributed by atoms with Crippen LogP contribution in [-0.2, 0) is 16.0 Å². The highest BCUT2D eigenvalue weighted by atomic mass is 16.4. The number of amides is 1. The van der Waals surface area contributed by atoms with E-state index in [0.29, 0.717) is 0 Å². The molecule has 5 nitrogen and oxygen atoms in total. The van der Waals surface area contributed by atoms with E-state index in [-0.39, 0.29) is 12.5 Å². The van der Waals surface area contributed by atoms with Crippen molar-refractivity contribution in [2.24, 2.45) is 0 Å². The quantitative estimate of drug-likeness (QED) is 0.818. The zero-order chi connectivity index (χ0) is 14.4. The Kier molecular flexibility index (Phi) is 5.51. The first-order valence-electron chi connectivity index (χ1n) is 6.26. The maximum absolute atomic E-state index is 11.8. The minimum atomic E-state index is -0.942. The van der Waals surface area contributed by atoms with Crippen LogP contribution < -0.4 is 5.32 Å². The van der Waals surface area contributed by atoms with Crippen molar-refractivity contribution < 1.29 is 14.7 Å². The molecular formula is C14H20N2O3. The fourth-order valence-electron chi connectivity index (χ4n) is 1.58. The molecule has 0 saturated carbocycles. The third-order valence-electron chi connectivity index (χ3n) is 3.06. The van der Waals surface area contributed by atoms with Gasteiger partial charge in [-0.05, 0) is 38.1 Å². The number of carbonyl (C=O) groups excluding carboxylic acids is 1. The third kappa shape index (κ3) is 4.71. The van der Waals surface area contributed by atoms with E-state index < -0.39 is 12.0 Å². The van der Waals surface area contributed by atoms with E-state index in [4.69, 9.17) is 5.11 Å². The van der Waals surface area contributed by atoms with Crippen LogP contribution in [0.25, 0.3) is 0 Å². The molecule has 0 aromatic heterocycles. The van der Waals surface area contributed by atoms with Crippen LogP contribution in [0.5, 0.6) is 0 Å². The lowest BCUT2D eigenvalue weighted by Crippen LogP contribution is -2.40. The van der Waals surface area contributed by atoms with E-state index in [9.17, 15) is 9.59 Å². The molecule has 19 heavy (non-hydrogen) atoms. The molecule has 0 heterocycles. The number of carbonyl (C=O) groups is 2. The van der Waals surface area contributed by atoms with Gasteiger partial charge in [0.1, 0.15) is 6.04 Å². The van der Waals surface area contributed by atoms with Gasteiger partial charge in [-0.3, -0.25) is 14.5 Å². The summed E-state index contributed by atoms with van der Waals surface area (Å²) in [6.07, 6.45) is 0.951. The second kappa shape index (κ2) is 6.89. The van der Waals surface area contributed by atoms with Crippen molar-refractivity contribution in [1.29, 1.82) is 0 Å². The zero-order valence-corrected chi connectivity index (χ0v) is 11.5. The Bertz CT molecular complexity index is 443. The molecule has 1 rings (SSSR count). The highest BCUT2D eigenvalue weighted by molar-refractivity contribution is 5.92. The number of hydrogen-bond acceptors (Lipinski definition) is 3. The van der Waals surface area contributed by atoms with Crippen LogP contribution in [0.4, 0.5) is 5.69 Å². The molecule has 0 radical (unpaired) electrons. The molecular weight excluding hydrogens is 244 g/mol. The Morgan fingerprint density at radius 2 is 1.89 bits per heavy atom. The lowest BCUT2D eigenvalue weighted by molar-refractivity contribution is -0.142. The fourth-order valence-corrected chi connectivity index (χ4v) is 1.58. The number of nitrogens with one attached hydrogen (secondary N) is 1. The van der Waals surface area contributed by atoms with Crippen LogP contribution in [-0.4, -0.2) is 41.5 Å². The van der Waals surface area contributed by atoms with Gasteiger partial charge in [0.25, 0.3) is 0 Å². The van der Waals surface area contributed by atoms with Gasteiger partial charge in [-0.25, -0.2) is 0 Å². The minimum absolute atomic E-state index is 0.0446. The SMILES string of the molecule is CCc1ccc(NC(=O)CN(C)C(C)C(=O)O)cc1. The van der Waals surface area contributed by atoms with Gasteiger partial charge in [-0.15, -0.1) is 0 Å². The Morgan fingerprint density at radius 1 is 1.32 bits per heavy atom. The number of aliphatic carboxylic acids is 1. The molecule has 1 aromatic carbocycles. The van der Waals surface area contributed by atoms with Crippen molar-refractivity contribution >= 4 is 17.6 Å². The normalized spacial score (nSPS) is 12.2. The maximum atomic E-state index is 11.8. The monoisotopic (exact) mass is 264 g/mol. The van der Waals surface area contributed by atoms with Crippen LogP contribution in [0.15, 0.2) is 24.3 Å². The summed E-state index contributed by atoms with van der Waals surface area (Å²) in [4.78, 5) is 24.0. The summed E-state index contributed by atoms with van der Waals surface area (Å²) >= 11 is 0. The number of likely N-dealkylation sites (N-methyl/N-ethyl adjacent to an activating group) is 1. The van der Waals surface area contributed by atoms with Gasteiger partial charge in [0.2, 0.25) is 5.91 Å². The summed E-state index contributed by atoms with van der Waals surface area (Å²) in [5, 5.41) is 11.6. The number of hydrogen-bond donors (Lipinski definition) is 2. The Morgan fingerprint density at radius 3 is 2.37 bits per heavy atom. The van der Waals surface area contributed by atoms with Gasteiger partial charge in [0.15, 0.2) is 0 Å². The van der Waals surface area contributed by atoms with Crippen molar-refractivity contribution in [3.05, 3.63) is 29.8 Å². The second-order valence-electron chi connectivity index (χ2n) is 4.53. The molecule has 0 aliphatic carbocycles. The van der Waals surface area contributed by atoms with Crippen LogP contribution in [0.2, 0.25) is 0 Å². The van der Waals surface area contributed by atoms with Gasteiger partial charge >= 0.3 is 5.97 Å². The molecule has 0 fully saturated rings. The van der Waals surface area contributed by atoms with E-state index in [1.54, 1.807) is 14.0 Å². The summed E-state index contributed by atoms with van der Waals surface area (Å²) in [6, 6.07) is 6.92. The third-order valence-corrected chi connectivity index (χ3v) is 3.06. The predicted octanol–water partition coefficient (Wildman–Crippen LogP) is 1.59. The Labute approximate surface area is 113 Å². The van der Waals surface area contributed by atoms with Crippen molar-refractivity contribution in [3.8, 4) is 0 Å². The topological polar surface area (TPSA) is 69.6 Å². The van der Waals surface area contributed by atoms with Crippen molar-refractivity contribution in [3.63, 3.8) is 0 Å². The number of nitrogens with zero attached hydrogens (tertiary/aromatic N) is 1. The first kappa shape index (κ1) is 15.2. The predicted molar refractivity (Wildman–Crippen MR) is 74.2 cm³/mol. The largest absolute Gasteiger partial charge is 0.480 e. The van der Waals surface area contributed by atoms with Crippen LogP contribution in [0, 0.1) is 0 Å². The van der Waals surface area contributed by atoms with E-state index in [1.165, 1.54) is 10.5 Å². The summed E-state index contributed by atoms with van der Waals surface area (Å²) in [6.45, 7) is 3.66. The first-order chi connectivity index (χ1) is 8.93. The van der Waals surface area contributed by atoms with Crippen LogP contribution in [0.3, 0.4) is 0 Å². The first-order valence-corrected chi connectivity index (χ1v) is 6.26. The second-order valence-corrected chi connectivity index (χ2v) is 4.53. The zero-order valence-electron chi connectivity index (χ0n) is 11.5. The number of aryl methyl sites for hydroxylation is 1. The van der Waals surface area contributed by atoms with E-state index in [1.807, 2.05) is 24.3 Å². The van der Waals surface area contributed by atoms with E-state index in [0.717, 1.165) is 12.1 Å². The summed E-state index contributed by atoms with van der Waals surface area (Å²) in [5.41, 5.74) is 1.92. The number of benzene rings is 1. The molecule has 0 aliphatic heterocycles. The van der Waals surface area contributed by atoms with E-state index in [2.05, 4.69) is 12.2 Å². The molecule has 1 aromatic rings. The molecule has 0 spiro atoms. The van der Waals surface area contributed by atoms with Gasteiger partial charge in [-0.2, -0.15) is 0 Å². The lowest BCUT2D eigenvalue weighted by Gasteiger charge is -2.20. The lowest BCUT2D eigenvalue weighted by atomic mass is 10.1. The molecule has 5 heteroatoms. The summed E-state index contributed by atoms with van der Waals surface area (Å²) in [5.74, 6) is -1.16. The Hall–Kier alpha value is -1.88. The van der Waals surface area contributed by atoms with Crippen molar-refractivity contribution in [2.75, 3.05) is 18.9 Å². The van der Waals surface area contributed by atoms with Gasteiger partial charge < -0.3 is 10.4 Å². The smallest absolute Gasteiger partial charge is 0.320 e. The highest BCUT2D eigenvalue weighted by Gasteiger charge is 2.18. The van der Waals surface area contributed by atoms with Crippen LogP contribution in [0.1, 0.15) is 19.4 Å².